The first-order valence-electron chi connectivity index (χ1n) is 9.95. The normalized spacial score (nSPS) is 10.4. The average Bonchev–Trinajstić information content (AvgIpc) is 2.76. The molecule has 7 nitrogen and oxygen atoms in total. The van der Waals surface area contributed by atoms with Crippen molar-refractivity contribution in [2.75, 3.05) is 46.7 Å². The number of benzene rings is 2. The first-order chi connectivity index (χ1) is 14.6. The van der Waals surface area contributed by atoms with Crippen LogP contribution in [-0.2, 0) is 6.54 Å². The number of aromatic nitrogens is 2. The fraction of sp³-hybridized carbons (Fsp3) is 0.348. The van der Waals surface area contributed by atoms with E-state index in [-0.39, 0.29) is 0 Å². The molecule has 0 aliphatic heterocycles. The molecule has 0 radical (unpaired) electrons. The summed E-state index contributed by atoms with van der Waals surface area (Å²) >= 11 is 0. The number of carbonyl (C=O) groups is 1. The molecular formula is C23H31N5O2. The highest BCUT2D eigenvalue weighted by Crippen LogP contribution is 2.20. The Bertz CT molecular complexity index is 913. The predicted octanol–water partition coefficient (Wildman–Crippen LogP) is 3.22. The third kappa shape index (κ3) is 7.42. The highest BCUT2D eigenvalue weighted by Gasteiger charge is 2.07. The lowest BCUT2D eigenvalue weighted by Gasteiger charge is -2.13. The van der Waals surface area contributed by atoms with Gasteiger partial charge in [-0.1, -0.05) is 12.1 Å². The maximum Gasteiger partial charge on any atom is 0.150 e. The van der Waals surface area contributed by atoms with E-state index in [2.05, 4.69) is 31.6 Å². The summed E-state index contributed by atoms with van der Waals surface area (Å²) in [6.45, 7) is 2.65. The van der Waals surface area contributed by atoms with E-state index in [0.717, 1.165) is 60.6 Å². The Hall–Kier alpha value is -3.03. The number of fused-ring (bicyclic) bond motifs is 1. The first-order valence-corrected chi connectivity index (χ1v) is 9.95. The molecule has 7 heteroatoms. The summed E-state index contributed by atoms with van der Waals surface area (Å²) in [6, 6.07) is 15.1. The summed E-state index contributed by atoms with van der Waals surface area (Å²) in [4.78, 5) is 21.5. The minimum atomic E-state index is 0.667. The van der Waals surface area contributed by atoms with Gasteiger partial charge >= 0.3 is 0 Å². The summed E-state index contributed by atoms with van der Waals surface area (Å²) in [5, 5.41) is 7.66. The number of hydrogen-bond donors (Lipinski definition) is 2. The van der Waals surface area contributed by atoms with Crippen LogP contribution in [-0.4, -0.2) is 62.5 Å². The summed E-state index contributed by atoms with van der Waals surface area (Å²) in [5.41, 5.74) is 1.66. The number of nitrogens with one attached hydrogen (secondary N) is 2. The molecule has 1 aromatic heterocycles. The molecule has 0 saturated heterocycles. The molecular weight excluding hydrogens is 378 g/mol. The van der Waals surface area contributed by atoms with Crippen LogP contribution >= 0.6 is 0 Å². The Labute approximate surface area is 178 Å². The Morgan fingerprint density at radius 2 is 1.77 bits per heavy atom. The first kappa shape index (κ1) is 23.3. The lowest BCUT2D eigenvalue weighted by Crippen LogP contribution is -2.16. The van der Waals surface area contributed by atoms with Crippen LogP contribution in [0.15, 0.2) is 48.5 Å². The predicted molar refractivity (Wildman–Crippen MR) is 122 cm³/mol. The molecule has 0 aliphatic carbocycles. The molecule has 2 aromatic carbocycles. The Morgan fingerprint density at radius 1 is 1.03 bits per heavy atom. The largest absolute Gasteiger partial charge is 0.497 e. The number of ether oxygens (including phenoxy) is 1. The van der Waals surface area contributed by atoms with Crippen LogP contribution in [0.1, 0.15) is 22.6 Å². The second kappa shape index (κ2) is 12.5. The minimum absolute atomic E-state index is 0.667. The van der Waals surface area contributed by atoms with E-state index >= 15 is 0 Å². The van der Waals surface area contributed by atoms with Crippen molar-refractivity contribution in [3.63, 3.8) is 0 Å². The zero-order valence-corrected chi connectivity index (χ0v) is 18.2. The van der Waals surface area contributed by atoms with E-state index < -0.39 is 0 Å². The molecule has 1 heterocycles. The van der Waals surface area contributed by atoms with Gasteiger partial charge in [-0.15, -0.1) is 0 Å². The molecule has 30 heavy (non-hydrogen) atoms. The molecule has 0 atom stereocenters. The van der Waals surface area contributed by atoms with Gasteiger partial charge in [-0.25, -0.2) is 9.97 Å². The molecule has 3 aromatic rings. The van der Waals surface area contributed by atoms with Gasteiger partial charge in [0.15, 0.2) is 0 Å². The van der Waals surface area contributed by atoms with Crippen LogP contribution in [0.4, 0.5) is 5.82 Å². The van der Waals surface area contributed by atoms with E-state index in [0.29, 0.717) is 5.56 Å². The molecule has 0 fully saturated rings. The number of hydrogen-bond acceptors (Lipinski definition) is 7. The van der Waals surface area contributed by atoms with Gasteiger partial charge in [0, 0.05) is 17.5 Å². The van der Waals surface area contributed by atoms with Gasteiger partial charge in [-0.2, -0.15) is 0 Å². The van der Waals surface area contributed by atoms with Crippen LogP contribution in [0.2, 0.25) is 0 Å². The number of aldehydes is 1. The van der Waals surface area contributed by atoms with Gasteiger partial charge in [-0.05, 0) is 70.5 Å². The topological polar surface area (TPSA) is 79.4 Å². The summed E-state index contributed by atoms with van der Waals surface area (Å²) in [5.74, 6) is 2.55. The molecule has 0 aliphatic rings. The van der Waals surface area contributed by atoms with Gasteiger partial charge in [0.05, 0.1) is 19.2 Å². The lowest BCUT2D eigenvalue weighted by molar-refractivity contribution is 0.112. The summed E-state index contributed by atoms with van der Waals surface area (Å²) in [6.07, 6.45) is 1.87. The van der Waals surface area contributed by atoms with Crippen molar-refractivity contribution >= 4 is 23.0 Å². The van der Waals surface area contributed by atoms with Crippen molar-refractivity contribution in [1.29, 1.82) is 0 Å². The Balaban J connectivity index is 0.000000269. The average molecular weight is 410 g/mol. The standard InChI is InChI=1S/C15H23N5.C8H8O2/c1-16-9-6-10-17-15-12-7-4-5-8-13(12)18-14(19-15)11-20(2)3;1-10-8-4-2-7(6-9)3-5-8/h4-5,7-8,16H,6,9-11H2,1-3H3,(H,17,18,19);2-6H,1H3. The highest BCUT2D eigenvalue weighted by molar-refractivity contribution is 5.88. The van der Waals surface area contributed by atoms with E-state index in [1.165, 1.54) is 0 Å². The number of rotatable bonds is 9. The fourth-order valence-electron chi connectivity index (χ4n) is 2.77. The maximum atomic E-state index is 10.2. The molecule has 0 saturated carbocycles. The molecule has 0 unspecified atom stereocenters. The second-order valence-electron chi connectivity index (χ2n) is 7.02. The van der Waals surface area contributed by atoms with E-state index in [1.807, 2.05) is 39.3 Å². The zero-order chi connectivity index (χ0) is 21.8. The summed E-state index contributed by atoms with van der Waals surface area (Å²) in [7, 11) is 7.61. The number of para-hydroxylation sites is 1. The smallest absolute Gasteiger partial charge is 0.150 e. The Morgan fingerprint density at radius 3 is 2.40 bits per heavy atom. The van der Waals surface area contributed by atoms with Crippen LogP contribution < -0.4 is 15.4 Å². The zero-order valence-electron chi connectivity index (χ0n) is 18.2. The Kier molecular flexibility index (Phi) is 9.70. The highest BCUT2D eigenvalue weighted by atomic mass is 16.5. The quantitative estimate of drug-likeness (QED) is 0.415. The molecule has 0 spiro atoms. The van der Waals surface area contributed by atoms with Crippen molar-refractivity contribution < 1.29 is 9.53 Å². The molecule has 3 rings (SSSR count). The third-order valence-corrected chi connectivity index (χ3v) is 4.26. The number of nitrogens with zero attached hydrogens (tertiary/aromatic N) is 3. The van der Waals surface area contributed by atoms with Crippen molar-refractivity contribution in [3.8, 4) is 5.75 Å². The van der Waals surface area contributed by atoms with Crippen LogP contribution in [0.25, 0.3) is 10.9 Å². The van der Waals surface area contributed by atoms with Gasteiger partial charge < -0.3 is 20.3 Å². The van der Waals surface area contributed by atoms with E-state index in [4.69, 9.17) is 4.74 Å². The van der Waals surface area contributed by atoms with Crippen LogP contribution in [0.3, 0.4) is 0 Å². The number of methoxy groups -OCH3 is 1. The van der Waals surface area contributed by atoms with Crippen molar-refractivity contribution in [2.24, 2.45) is 0 Å². The van der Waals surface area contributed by atoms with Gasteiger partial charge in [-0.3, -0.25) is 4.79 Å². The van der Waals surface area contributed by atoms with Crippen molar-refractivity contribution in [2.45, 2.75) is 13.0 Å². The number of carbonyl (C=O) groups excluding carboxylic acids is 1. The maximum absolute atomic E-state index is 10.2. The van der Waals surface area contributed by atoms with Crippen molar-refractivity contribution in [1.82, 2.24) is 20.2 Å². The van der Waals surface area contributed by atoms with Crippen LogP contribution in [0, 0.1) is 0 Å². The van der Waals surface area contributed by atoms with E-state index in [9.17, 15) is 4.79 Å². The monoisotopic (exact) mass is 409 g/mol. The van der Waals surface area contributed by atoms with E-state index in [1.54, 1.807) is 31.4 Å². The SMILES string of the molecule is CNCCCNc1nc(CN(C)C)nc2ccccc12.COc1ccc(C=O)cc1. The molecule has 160 valence electrons. The minimum Gasteiger partial charge on any atom is -0.497 e. The molecule has 0 bridgehead atoms. The third-order valence-electron chi connectivity index (χ3n) is 4.26. The molecule has 2 N–H and O–H groups in total. The van der Waals surface area contributed by atoms with Gasteiger partial charge in [0.25, 0.3) is 0 Å². The van der Waals surface area contributed by atoms with Crippen LogP contribution in [0.5, 0.6) is 5.75 Å². The van der Waals surface area contributed by atoms with Gasteiger partial charge in [0.2, 0.25) is 0 Å². The second-order valence-corrected chi connectivity index (χ2v) is 7.02. The fourth-order valence-corrected chi connectivity index (χ4v) is 2.77. The summed E-state index contributed by atoms with van der Waals surface area (Å²) < 4.78 is 4.90. The van der Waals surface area contributed by atoms with Gasteiger partial charge in [0.1, 0.15) is 23.7 Å². The number of anilines is 1. The van der Waals surface area contributed by atoms with Crippen molar-refractivity contribution in [3.05, 3.63) is 59.9 Å². The molecule has 0 amide bonds. The lowest BCUT2D eigenvalue weighted by atomic mass is 10.2.